The van der Waals surface area contributed by atoms with E-state index >= 15 is 0 Å². The Morgan fingerprint density at radius 1 is 1.47 bits per heavy atom. The van der Waals surface area contributed by atoms with Crippen LogP contribution in [0, 0.1) is 0 Å². The number of hydrogen-bond acceptors (Lipinski definition) is 5. The average Bonchev–Trinajstić information content (AvgIpc) is 2.23. The lowest BCUT2D eigenvalue weighted by atomic mass is 10.5. The lowest BCUT2D eigenvalue weighted by Gasteiger charge is -2.04. The minimum Gasteiger partial charge on any atom is -0.304 e. The molecule has 0 aliphatic heterocycles. The second-order valence-electron chi connectivity index (χ2n) is 2.91. The summed E-state index contributed by atoms with van der Waals surface area (Å²) < 4.78 is 1.40. The Morgan fingerprint density at radius 3 is 2.87 bits per heavy atom. The third-order valence-electron chi connectivity index (χ3n) is 1.96. The second kappa shape index (κ2) is 3.50. The molecule has 0 radical (unpaired) electrons. The summed E-state index contributed by atoms with van der Waals surface area (Å²) in [6.45, 7) is 0. The first-order chi connectivity index (χ1) is 7.13. The summed E-state index contributed by atoms with van der Waals surface area (Å²) in [7, 11) is 1.62. The van der Waals surface area contributed by atoms with E-state index in [1.807, 2.05) is 6.26 Å². The first-order valence-corrected chi connectivity index (χ1v) is 5.36. The number of H-pyrrole nitrogens is 1. The summed E-state index contributed by atoms with van der Waals surface area (Å²) in [5.41, 5.74) is -0.222. The lowest BCUT2D eigenvalue weighted by Crippen LogP contribution is -2.23. The highest BCUT2D eigenvalue weighted by Gasteiger charge is 2.08. The standard InChI is InChI=1S/C8H8N4O2S/c1-12-7(14)5-6(11-8(12)15-2)10-4(13)3-9-5/h3H,1-2H3,(H,10,13). The normalized spacial score (nSPS) is 10.8. The third-order valence-corrected chi connectivity index (χ3v) is 2.69. The van der Waals surface area contributed by atoms with Crippen LogP contribution in [0.2, 0.25) is 0 Å². The van der Waals surface area contributed by atoms with Crippen molar-refractivity contribution in [2.45, 2.75) is 5.16 Å². The van der Waals surface area contributed by atoms with Gasteiger partial charge in [-0.05, 0) is 6.26 Å². The van der Waals surface area contributed by atoms with Crippen molar-refractivity contribution in [3.63, 3.8) is 0 Å². The molecule has 0 aliphatic carbocycles. The van der Waals surface area contributed by atoms with Crippen molar-refractivity contribution < 1.29 is 0 Å². The highest BCUT2D eigenvalue weighted by atomic mass is 32.2. The van der Waals surface area contributed by atoms with Gasteiger partial charge in [0.05, 0.1) is 6.20 Å². The quantitative estimate of drug-likeness (QED) is 0.533. The fourth-order valence-electron chi connectivity index (χ4n) is 1.23. The Balaban J connectivity index is 2.97. The fraction of sp³-hybridized carbons (Fsp3) is 0.250. The van der Waals surface area contributed by atoms with Crippen LogP contribution in [0.1, 0.15) is 0 Å². The van der Waals surface area contributed by atoms with E-state index in [4.69, 9.17) is 0 Å². The Bertz CT molecular complexity index is 631. The zero-order chi connectivity index (χ0) is 11.0. The predicted molar refractivity (Wildman–Crippen MR) is 57.2 cm³/mol. The number of rotatable bonds is 1. The molecule has 15 heavy (non-hydrogen) atoms. The van der Waals surface area contributed by atoms with Gasteiger partial charge in [0.25, 0.3) is 11.1 Å². The van der Waals surface area contributed by atoms with E-state index in [9.17, 15) is 9.59 Å². The van der Waals surface area contributed by atoms with Gasteiger partial charge in [0.1, 0.15) is 0 Å². The fourth-order valence-corrected chi connectivity index (χ4v) is 1.77. The average molecular weight is 224 g/mol. The molecule has 0 unspecified atom stereocenters. The molecule has 2 aromatic heterocycles. The van der Waals surface area contributed by atoms with E-state index in [-0.39, 0.29) is 22.3 Å². The van der Waals surface area contributed by atoms with Crippen molar-refractivity contribution in [2.24, 2.45) is 7.05 Å². The second-order valence-corrected chi connectivity index (χ2v) is 3.68. The number of aromatic nitrogens is 4. The SMILES string of the molecule is CSc1nc2[nH]c(=O)cnc2c(=O)n1C. The number of hydrogen-bond donors (Lipinski definition) is 1. The molecule has 0 aliphatic rings. The Hall–Kier alpha value is -1.63. The third kappa shape index (κ3) is 1.54. The van der Waals surface area contributed by atoms with Gasteiger partial charge >= 0.3 is 0 Å². The molecule has 2 rings (SSSR count). The van der Waals surface area contributed by atoms with Crippen molar-refractivity contribution in [2.75, 3.05) is 6.26 Å². The number of nitrogens with zero attached hydrogens (tertiary/aromatic N) is 3. The summed E-state index contributed by atoms with van der Waals surface area (Å²) in [4.78, 5) is 33.1. The molecule has 0 atom stereocenters. The van der Waals surface area contributed by atoms with E-state index in [0.29, 0.717) is 5.16 Å². The number of aromatic amines is 1. The van der Waals surface area contributed by atoms with Gasteiger partial charge in [-0.2, -0.15) is 0 Å². The van der Waals surface area contributed by atoms with Crippen LogP contribution in [0.15, 0.2) is 20.9 Å². The van der Waals surface area contributed by atoms with Gasteiger partial charge in [0, 0.05) is 7.05 Å². The minimum atomic E-state index is -0.365. The van der Waals surface area contributed by atoms with Crippen molar-refractivity contribution in [1.29, 1.82) is 0 Å². The van der Waals surface area contributed by atoms with Crippen molar-refractivity contribution >= 4 is 22.9 Å². The van der Waals surface area contributed by atoms with E-state index in [1.165, 1.54) is 16.3 Å². The number of nitrogens with one attached hydrogen (secondary N) is 1. The molecule has 1 N–H and O–H groups in total. The molecule has 6 nitrogen and oxygen atoms in total. The van der Waals surface area contributed by atoms with Crippen LogP contribution < -0.4 is 11.1 Å². The maximum atomic E-state index is 11.7. The van der Waals surface area contributed by atoms with Gasteiger partial charge in [-0.25, -0.2) is 9.97 Å². The summed E-state index contributed by atoms with van der Waals surface area (Å²) in [6, 6.07) is 0. The molecule has 0 aromatic carbocycles. The van der Waals surface area contributed by atoms with Crippen molar-refractivity contribution in [3.05, 3.63) is 26.9 Å². The van der Waals surface area contributed by atoms with E-state index in [2.05, 4.69) is 15.0 Å². The molecule has 2 aromatic rings. The maximum Gasteiger partial charge on any atom is 0.282 e. The predicted octanol–water partition coefficient (Wildman–Crippen LogP) is -0.261. The van der Waals surface area contributed by atoms with E-state index < -0.39 is 0 Å². The number of thioether (sulfide) groups is 1. The number of fused-ring (bicyclic) bond motifs is 1. The molecule has 0 bridgehead atoms. The highest BCUT2D eigenvalue weighted by molar-refractivity contribution is 7.98. The largest absolute Gasteiger partial charge is 0.304 e. The van der Waals surface area contributed by atoms with Gasteiger partial charge in [-0.3, -0.25) is 14.2 Å². The van der Waals surface area contributed by atoms with E-state index in [0.717, 1.165) is 6.20 Å². The molecular weight excluding hydrogens is 216 g/mol. The van der Waals surface area contributed by atoms with Crippen LogP contribution >= 0.6 is 11.8 Å². The Labute approximate surface area is 88.4 Å². The lowest BCUT2D eigenvalue weighted by molar-refractivity contribution is 0.720. The Morgan fingerprint density at radius 2 is 2.20 bits per heavy atom. The van der Waals surface area contributed by atoms with Crippen LogP contribution in [-0.2, 0) is 7.05 Å². The zero-order valence-corrected chi connectivity index (χ0v) is 8.96. The Kier molecular flexibility index (Phi) is 2.31. The molecule has 0 fully saturated rings. The zero-order valence-electron chi connectivity index (χ0n) is 8.14. The molecule has 0 saturated carbocycles. The summed E-state index contributed by atoms with van der Waals surface area (Å²) >= 11 is 1.33. The topological polar surface area (TPSA) is 80.6 Å². The van der Waals surface area contributed by atoms with Crippen molar-refractivity contribution in [3.8, 4) is 0 Å². The smallest absolute Gasteiger partial charge is 0.282 e. The van der Waals surface area contributed by atoms with Crippen LogP contribution in [0.25, 0.3) is 11.2 Å². The van der Waals surface area contributed by atoms with Gasteiger partial charge in [0.2, 0.25) is 0 Å². The van der Waals surface area contributed by atoms with Crippen LogP contribution in [0.5, 0.6) is 0 Å². The maximum absolute atomic E-state index is 11.7. The molecule has 78 valence electrons. The summed E-state index contributed by atoms with van der Waals surface area (Å²) in [5.74, 6) is 0. The van der Waals surface area contributed by atoms with E-state index in [1.54, 1.807) is 7.05 Å². The van der Waals surface area contributed by atoms with Gasteiger partial charge in [-0.15, -0.1) is 0 Å². The van der Waals surface area contributed by atoms with Crippen LogP contribution in [0.3, 0.4) is 0 Å². The molecular formula is C8H8N4O2S. The molecule has 0 saturated heterocycles. The molecule has 2 heterocycles. The molecule has 7 heteroatoms. The first kappa shape index (κ1) is 9.91. The first-order valence-electron chi connectivity index (χ1n) is 4.13. The molecule has 0 amide bonds. The van der Waals surface area contributed by atoms with Crippen LogP contribution in [0.4, 0.5) is 0 Å². The summed E-state index contributed by atoms with van der Waals surface area (Å²) in [6.07, 6.45) is 2.88. The van der Waals surface area contributed by atoms with Gasteiger partial charge in [0.15, 0.2) is 16.3 Å². The van der Waals surface area contributed by atoms with Gasteiger partial charge < -0.3 is 4.98 Å². The minimum absolute atomic E-state index is 0.176. The van der Waals surface area contributed by atoms with Gasteiger partial charge in [-0.1, -0.05) is 11.8 Å². The highest BCUT2D eigenvalue weighted by Crippen LogP contribution is 2.09. The molecule has 0 spiro atoms. The van der Waals surface area contributed by atoms with Crippen molar-refractivity contribution in [1.82, 2.24) is 19.5 Å². The summed E-state index contributed by atoms with van der Waals surface area (Å²) in [5, 5.41) is 0.538. The van der Waals surface area contributed by atoms with Crippen LogP contribution in [-0.4, -0.2) is 25.8 Å². The monoisotopic (exact) mass is 224 g/mol.